The van der Waals surface area contributed by atoms with Crippen LogP contribution in [0.4, 0.5) is 5.13 Å². The third-order valence-electron chi connectivity index (χ3n) is 1.92. The minimum atomic E-state index is 0.707. The molecular weight excluding hydrogens is 278 g/mol. The Kier molecular flexibility index (Phi) is 3.01. The van der Waals surface area contributed by atoms with Crippen molar-refractivity contribution in [2.45, 2.75) is 13.5 Å². The van der Waals surface area contributed by atoms with Crippen LogP contribution in [0.2, 0.25) is 0 Å². The number of aromatic nitrogens is 4. The largest absolute Gasteiger partial charge is 0.354 e. The lowest BCUT2D eigenvalue weighted by atomic mass is 10.4. The van der Waals surface area contributed by atoms with Gasteiger partial charge in [0.1, 0.15) is 0 Å². The molecule has 0 amide bonds. The van der Waals surface area contributed by atoms with E-state index in [0.717, 1.165) is 20.4 Å². The maximum absolute atomic E-state index is 4.26. The minimum Gasteiger partial charge on any atom is -0.354 e. The lowest BCUT2D eigenvalue weighted by Crippen LogP contribution is -2.05. The summed E-state index contributed by atoms with van der Waals surface area (Å²) in [6, 6.07) is 2.04. The van der Waals surface area contributed by atoms with Gasteiger partial charge >= 0.3 is 0 Å². The Morgan fingerprint density at radius 2 is 2.33 bits per heavy atom. The number of nitrogens with zero attached hydrogens (tertiary/aromatic N) is 4. The first-order valence-electron chi connectivity index (χ1n) is 4.37. The minimum absolute atomic E-state index is 0.707. The average Bonchev–Trinajstić information content (AvgIpc) is 2.70. The SMILES string of the molecule is Cc1cc(CNc2nnc(Br)s2)n(C)n1. The van der Waals surface area contributed by atoms with E-state index in [1.54, 1.807) is 0 Å². The Morgan fingerprint density at radius 3 is 2.87 bits per heavy atom. The zero-order valence-electron chi connectivity index (χ0n) is 8.36. The van der Waals surface area contributed by atoms with E-state index < -0.39 is 0 Å². The van der Waals surface area contributed by atoms with Crippen molar-refractivity contribution in [1.82, 2.24) is 20.0 Å². The zero-order chi connectivity index (χ0) is 10.8. The van der Waals surface area contributed by atoms with Crippen molar-refractivity contribution in [2.24, 2.45) is 7.05 Å². The summed E-state index contributed by atoms with van der Waals surface area (Å²) >= 11 is 4.74. The fraction of sp³-hybridized carbons (Fsp3) is 0.375. The number of aryl methyl sites for hydroxylation is 2. The van der Waals surface area contributed by atoms with Crippen LogP contribution in [0, 0.1) is 6.92 Å². The number of hydrogen-bond donors (Lipinski definition) is 1. The molecule has 80 valence electrons. The van der Waals surface area contributed by atoms with E-state index in [-0.39, 0.29) is 0 Å². The Labute approximate surface area is 99.7 Å². The first-order valence-corrected chi connectivity index (χ1v) is 5.98. The van der Waals surface area contributed by atoms with E-state index in [2.05, 4.69) is 36.5 Å². The predicted octanol–water partition coefficient (Wildman–Crippen LogP) is 1.95. The van der Waals surface area contributed by atoms with Gasteiger partial charge in [-0.2, -0.15) is 5.10 Å². The summed E-state index contributed by atoms with van der Waals surface area (Å²) in [5, 5.41) is 16.1. The molecule has 0 radical (unpaired) electrons. The van der Waals surface area contributed by atoms with Crippen LogP contribution in [0.5, 0.6) is 0 Å². The van der Waals surface area contributed by atoms with Crippen molar-refractivity contribution >= 4 is 32.4 Å². The predicted molar refractivity (Wildman–Crippen MR) is 62.9 cm³/mol. The van der Waals surface area contributed by atoms with Crippen molar-refractivity contribution < 1.29 is 0 Å². The molecule has 1 N–H and O–H groups in total. The summed E-state index contributed by atoms with van der Waals surface area (Å²) in [6.45, 7) is 2.68. The Hall–Kier alpha value is -0.950. The fourth-order valence-corrected chi connectivity index (χ4v) is 2.28. The van der Waals surface area contributed by atoms with Gasteiger partial charge in [0.2, 0.25) is 5.13 Å². The van der Waals surface area contributed by atoms with Crippen LogP contribution in [0.1, 0.15) is 11.4 Å². The van der Waals surface area contributed by atoms with Gasteiger partial charge in [0.05, 0.1) is 17.9 Å². The van der Waals surface area contributed by atoms with Gasteiger partial charge in [-0.1, -0.05) is 11.3 Å². The maximum atomic E-state index is 4.26. The molecule has 2 heterocycles. The van der Waals surface area contributed by atoms with Gasteiger partial charge < -0.3 is 5.32 Å². The lowest BCUT2D eigenvalue weighted by molar-refractivity contribution is 0.713. The Balaban J connectivity index is 2.01. The van der Waals surface area contributed by atoms with Gasteiger partial charge in [0, 0.05) is 7.05 Å². The highest BCUT2D eigenvalue weighted by Gasteiger charge is 2.04. The van der Waals surface area contributed by atoms with Crippen LogP contribution < -0.4 is 5.32 Å². The summed E-state index contributed by atoms with van der Waals surface area (Å²) in [4.78, 5) is 0. The normalized spacial score (nSPS) is 10.6. The Bertz CT molecular complexity index is 463. The van der Waals surface area contributed by atoms with Crippen LogP contribution in [-0.2, 0) is 13.6 Å². The number of halogens is 1. The number of anilines is 1. The first kappa shape index (κ1) is 10.6. The molecule has 0 aliphatic rings. The van der Waals surface area contributed by atoms with Crippen molar-refractivity contribution in [3.05, 3.63) is 21.4 Å². The van der Waals surface area contributed by atoms with Gasteiger partial charge in [-0.05, 0) is 28.9 Å². The molecule has 0 aliphatic carbocycles. The summed E-state index contributed by atoms with van der Waals surface area (Å²) in [5.74, 6) is 0. The van der Waals surface area contributed by atoms with Crippen LogP contribution >= 0.6 is 27.3 Å². The average molecular weight is 288 g/mol. The highest BCUT2D eigenvalue weighted by atomic mass is 79.9. The molecule has 0 atom stereocenters. The standard InChI is InChI=1S/C8H10BrN5S/c1-5-3-6(14(2)13-5)4-10-8-12-11-7(9)15-8/h3H,4H2,1-2H3,(H,10,12). The second-order valence-corrected chi connectivity index (χ2v) is 5.37. The number of rotatable bonds is 3. The summed E-state index contributed by atoms with van der Waals surface area (Å²) < 4.78 is 2.64. The van der Waals surface area contributed by atoms with Crippen molar-refractivity contribution in [1.29, 1.82) is 0 Å². The molecule has 0 saturated heterocycles. The summed E-state index contributed by atoms with van der Waals surface area (Å²) in [7, 11) is 1.93. The van der Waals surface area contributed by atoms with Gasteiger partial charge in [0.25, 0.3) is 0 Å². The smallest absolute Gasteiger partial charge is 0.206 e. The molecule has 0 aliphatic heterocycles. The lowest BCUT2D eigenvalue weighted by Gasteiger charge is -2.01. The summed E-state index contributed by atoms with van der Waals surface area (Å²) in [6.07, 6.45) is 0. The molecule has 15 heavy (non-hydrogen) atoms. The molecule has 0 fully saturated rings. The Morgan fingerprint density at radius 1 is 1.53 bits per heavy atom. The molecule has 2 rings (SSSR count). The molecule has 0 unspecified atom stereocenters. The topological polar surface area (TPSA) is 55.6 Å². The van der Waals surface area contributed by atoms with E-state index in [1.807, 2.05) is 24.7 Å². The second kappa shape index (κ2) is 4.28. The van der Waals surface area contributed by atoms with Crippen LogP contribution in [0.25, 0.3) is 0 Å². The van der Waals surface area contributed by atoms with E-state index in [1.165, 1.54) is 11.3 Å². The van der Waals surface area contributed by atoms with E-state index >= 15 is 0 Å². The third kappa shape index (κ3) is 2.54. The van der Waals surface area contributed by atoms with Gasteiger partial charge in [-0.25, -0.2) is 0 Å². The third-order valence-corrected chi connectivity index (χ3v) is 3.23. The fourth-order valence-electron chi connectivity index (χ4n) is 1.27. The van der Waals surface area contributed by atoms with Crippen LogP contribution in [0.3, 0.4) is 0 Å². The highest BCUT2D eigenvalue weighted by Crippen LogP contribution is 2.20. The second-order valence-electron chi connectivity index (χ2n) is 3.11. The molecular formula is C8H10BrN5S. The van der Waals surface area contributed by atoms with Crippen molar-refractivity contribution in [2.75, 3.05) is 5.32 Å². The van der Waals surface area contributed by atoms with Crippen LogP contribution in [0.15, 0.2) is 9.98 Å². The molecule has 0 bridgehead atoms. The zero-order valence-corrected chi connectivity index (χ0v) is 10.8. The van der Waals surface area contributed by atoms with Gasteiger partial charge in [-0.3, -0.25) is 4.68 Å². The van der Waals surface area contributed by atoms with Crippen molar-refractivity contribution in [3.8, 4) is 0 Å². The van der Waals surface area contributed by atoms with Crippen molar-refractivity contribution in [3.63, 3.8) is 0 Å². The monoisotopic (exact) mass is 287 g/mol. The summed E-state index contributed by atoms with van der Waals surface area (Å²) in [5.41, 5.74) is 2.14. The molecule has 0 spiro atoms. The molecule has 0 saturated carbocycles. The maximum Gasteiger partial charge on any atom is 0.206 e. The van der Waals surface area contributed by atoms with E-state index in [4.69, 9.17) is 0 Å². The van der Waals surface area contributed by atoms with Gasteiger partial charge in [-0.15, -0.1) is 10.2 Å². The number of nitrogens with one attached hydrogen (secondary N) is 1. The molecule has 2 aromatic heterocycles. The quantitative estimate of drug-likeness (QED) is 0.938. The molecule has 0 aromatic carbocycles. The van der Waals surface area contributed by atoms with Crippen LogP contribution in [-0.4, -0.2) is 20.0 Å². The van der Waals surface area contributed by atoms with E-state index in [0.29, 0.717) is 6.54 Å². The number of hydrogen-bond acceptors (Lipinski definition) is 5. The molecule has 5 nitrogen and oxygen atoms in total. The highest BCUT2D eigenvalue weighted by molar-refractivity contribution is 9.11. The first-order chi connectivity index (χ1) is 7.15. The molecule has 2 aromatic rings. The van der Waals surface area contributed by atoms with E-state index in [9.17, 15) is 0 Å². The molecule has 7 heteroatoms. The van der Waals surface area contributed by atoms with Gasteiger partial charge in [0.15, 0.2) is 3.92 Å².